The van der Waals surface area contributed by atoms with Gasteiger partial charge in [0.2, 0.25) is 0 Å². The summed E-state index contributed by atoms with van der Waals surface area (Å²) in [5.74, 6) is 2.15. The number of hydrogen-bond acceptors (Lipinski definition) is 3. The zero-order valence-corrected chi connectivity index (χ0v) is 19.6. The van der Waals surface area contributed by atoms with Crippen molar-refractivity contribution in [2.45, 2.75) is 95.1 Å². The average Bonchev–Trinajstić information content (AvgIpc) is 3.04. The van der Waals surface area contributed by atoms with Gasteiger partial charge in [-0.3, -0.25) is 0 Å². The van der Waals surface area contributed by atoms with Crippen molar-refractivity contribution in [3.05, 3.63) is 29.3 Å². The van der Waals surface area contributed by atoms with Crippen molar-refractivity contribution in [1.82, 2.24) is 10.6 Å². The van der Waals surface area contributed by atoms with E-state index in [1.807, 2.05) is 12.1 Å². The van der Waals surface area contributed by atoms with Crippen LogP contribution < -0.4 is 10.6 Å². The summed E-state index contributed by atoms with van der Waals surface area (Å²) in [6.07, 6.45) is 12.7. The van der Waals surface area contributed by atoms with Gasteiger partial charge in [0.1, 0.15) is 5.75 Å². The van der Waals surface area contributed by atoms with E-state index >= 15 is 0 Å². The Morgan fingerprint density at radius 3 is 2.71 bits per heavy atom. The van der Waals surface area contributed by atoms with Crippen LogP contribution in [0.25, 0.3) is 0 Å². The highest BCUT2D eigenvalue weighted by Crippen LogP contribution is 2.64. The first-order chi connectivity index (χ1) is 14.9. The first-order valence-corrected chi connectivity index (χ1v) is 12.9. The second kappa shape index (κ2) is 8.22. The predicted octanol–water partition coefficient (Wildman–Crippen LogP) is 4.78. The standard InChI is InChI=1S/C26H38N2O2S/c1-25-13-11-21-20-10-8-19(29)15-17(20)7-9-22(21)23(25)12-14-26(25,30)16-27-24(31)28-18-5-3-2-4-6-18/h8,10,15,18,21-23,29-30H,2-7,9,11-14,16H2,1H3,(H2,27,28,31)/t21-,22-,23+,25+,26-/m1/s1. The number of benzene rings is 1. The van der Waals surface area contributed by atoms with Crippen LogP contribution in [-0.2, 0) is 6.42 Å². The van der Waals surface area contributed by atoms with Gasteiger partial charge in [0.25, 0.3) is 0 Å². The molecule has 170 valence electrons. The van der Waals surface area contributed by atoms with Gasteiger partial charge in [-0.05, 0) is 105 Å². The summed E-state index contributed by atoms with van der Waals surface area (Å²) in [5.41, 5.74) is 2.02. The lowest BCUT2D eigenvalue weighted by Crippen LogP contribution is -2.57. The Bertz CT molecular complexity index is 839. The minimum absolute atomic E-state index is 0.0595. The van der Waals surface area contributed by atoms with Crippen LogP contribution in [0.5, 0.6) is 5.75 Å². The van der Waals surface area contributed by atoms with Gasteiger partial charge in [0, 0.05) is 18.0 Å². The number of aromatic hydroxyl groups is 1. The Hall–Kier alpha value is -1.33. The minimum atomic E-state index is -0.698. The summed E-state index contributed by atoms with van der Waals surface area (Å²) in [6.45, 7) is 2.90. The smallest absolute Gasteiger partial charge is 0.166 e. The van der Waals surface area contributed by atoms with Crippen LogP contribution in [0.4, 0.5) is 0 Å². The Kier molecular flexibility index (Phi) is 5.71. The number of hydrogen-bond donors (Lipinski definition) is 4. The number of fused-ring (bicyclic) bond motifs is 5. The van der Waals surface area contributed by atoms with E-state index in [0.29, 0.717) is 41.2 Å². The fraction of sp³-hybridized carbons (Fsp3) is 0.731. The third-order valence-corrected chi connectivity index (χ3v) is 9.78. The number of rotatable bonds is 3. The van der Waals surface area contributed by atoms with Crippen molar-refractivity contribution in [3.8, 4) is 5.75 Å². The summed E-state index contributed by atoms with van der Waals surface area (Å²) in [7, 11) is 0. The van der Waals surface area contributed by atoms with Gasteiger partial charge in [0.15, 0.2) is 5.11 Å². The Labute approximate surface area is 192 Å². The van der Waals surface area contributed by atoms with E-state index in [2.05, 4.69) is 23.6 Å². The van der Waals surface area contributed by atoms with Crippen LogP contribution in [-0.4, -0.2) is 33.5 Å². The molecule has 0 aromatic heterocycles. The highest BCUT2D eigenvalue weighted by Gasteiger charge is 2.61. The number of aryl methyl sites for hydroxylation is 1. The molecule has 0 unspecified atom stereocenters. The van der Waals surface area contributed by atoms with E-state index < -0.39 is 5.60 Å². The minimum Gasteiger partial charge on any atom is -0.508 e. The number of nitrogens with one attached hydrogen (secondary N) is 2. The quantitative estimate of drug-likeness (QED) is 0.508. The fourth-order valence-corrected chi connectivity index (χ4v) is 7.92. The lowest BCUT2D eigenvalue weighted by atomic mass is 9.53. The molecule has 4 aliphatic rings. The molecule has 4 aliphatic carbocycles. The highest BCUT2D eigenvalue weighted by atomic mass is 32.1. The molecule has 5 atom stereocenters. The SMILES string of the molecule is C[C@]12CC[C@@H]3c4ccc(O)cc4CC[C@H]3[C@@H]1CC[C@@]2(O)CNC(=S)NC1CCCCC1. The predicted molar refractivity (Wildman–Crippen MR) is 128 cm³/mol. The van der Waals surface area contributed by atoms with Gasteiger partial charge in [-0.15, -0.1) is 0 Å². The Morgan fingerprint density at radius 1 is 1.10 bits per heavy atom. The van der Waals surface area contributed by atoms with Gasteiger partial charge in [-0.25, -0.2) is 0 Å². The summed E-state index contributed by atoms with van der Waals surface area (Å²) in [4.78, 5) is 0. The van der Waals surface area contributed by atoms with Gasteiger partial charge < -0.3 is 20.8 Å². The molecule has 4 N–H and O–H groups in total. The van der Waals surface area contributed by atoms with E-state index in [4.69, 9.17) is 12.2 Å². The Balaban J connectivity index is 1.26. The molecule has 5 rings (SSSR count). The fourth-order valence-electron chi connectivity index (χ4n) is 7.68. The Morgan fingerprint density at radius 2 is 1.90 bits per heavy atom. The van der Waals surface area contributed by atoms with Crippen molar-refractivity contribution in [1.29, 1.82) is 0 Å². The first-order valence-electron chi connectivity index (χ1n) is 12.5. The van der Waals surface area contributed by atoms with Crippen molar-refractivity contribution in [3.63, 3.8) is 0 Å². The van der Waals surface area contributed by atoms with Gasteiger partial charge in [0.05, 0.1) is 5.60 Å². The highest BCUT2D eigenvalue weighted by molar-refractivity contribution is 7.80. The molecule has 0 amide bonds. The lowest BCUT2D eigenvalue weighted by molar-refractivity contribution is -0.0983. The molecule has 1 aromatic rings. The molecule has 4 nitrogen and oxygen atoms in total. The van der Waals surface area contributed by atoms with Crippen LogP contribution in [0.2, 0.25) is 0 Å². The van der Waals surface area contributed by atoms with E-state index in [9.17, 15) is 10.2 Å². The summed E-state index contributed by atoms with van der Waals surface area (Å²) in [6, 6.07) is 6.47. The molecular weight excluding hydrogens is 404 g/mol. The van der Waals surface area contributed by atoms with Crippen molar-refractivity contribution in [2.75, 3.05) is 6.54 Å². The number of thiocarbonyl (C=S) groups is 1. The molecular formula is C26H38N2O2S. The zero-order chi connectivity index (χ0) is 21.6. The average molecular weight is 443 g/mol. The topological polar surface area (TPSA) is 64.5 Å². The largest absolute Gasteiger partial charge is 0.508 e. The first kappa shape index (κ1) is 21.5. The van der Waals surface area contributed by atoms with Gasteiger partial charge in [-0.2, -0.15) is 0 Å². The van der Waals surface area contributed by atoms with Crippen molar-refractivity contribution >= 4 is 17.3 Å². The van der Waals surface area contributed by atoms with E-state index in [-0.39, 0.29) is 5.41 Å². The van der Waals surface area contributed by atoms with Gasteiger partial charge in [-0.1, -0.05) is 32.3 Å². The van der Waals surface area contributed by atoms with Crippen LogP contribution in [0.15, 0.2) is 18.2 Å². The summed E-state index contributed by atoms with van der Waals surface area (Å²) < 4.78 is 0. The van der Waals surface area contributed by atoms with Crippen LogP contribution in [0.3, 0.4) is 0 Å². The molecule has 3 saturated carbocycles. The van der Waals surface area contributed by atoms with Crippen molar-refractivity contribution in [2.24, 2.45) is 17.3 Å². The second-order valence-electron chi connectivity index (χ2n) is 11.0. The monoisotopic (exact) mass is 442 g/mol. The van der Waals surface area contributed by atoms with Gasteiger partial charge >= 0.3 is 0 Å². The molecule has 0 spiro atoms. The van der Waals surface area contributed by atoms with E-state index in [1.165, 1.54) is 49.7 Å². The maximum Gasteiger partial charge on any atom is 0.166 e. The number of aliphatic hydroxyl groups is 1. The molecule has 0 saturated heterocycles. The molecule has 5 heteroatoms. The molecule has 0 heterocycles. The molecule has 0 radical (unpaired) electrons. The van der Waals surface area contributed by atoms with Crippen molar-refractivity contribution < 1.29 is 10.2 Å². The van der Waals surface area contributed by atoms with Crippen LogP contribution in [0.1, 0.15) is 88.2 Å². The normalized spacial score (nSPS) is 37.4. The molecule has 3 fully saturated rings. The molecule has 31 heavy (non-hydrogen) atoms. The van der Waals surface area contributed by atoms with Crippen LogP contribution >= 0.6 is 12.2 Å². The summed E-state index contributed by atoms with van der Waals surface area (Å²) in [5, 5.41) is 29.4. The van der Waals surface area contributed by atoms with Crippen LogP contribution in [0, 0.1) is 17.3 Å². The summed E-state index contributed by atoms with van der Waals surface area (Å²) >= 11 is 5.60. The molecule has 0 bridgehead atoms. The maximum atomic E-state index is 11.8. The third kappa shape index (κ3) is 3.76. The lowest BCUT2D eigenvalue weighted by Gasteiger charge is -2.53. The zero-order valence-electron chi connectivity index (χ0n) is 18.8. The second-order valence-corrected chi connectivity index (χ2v) is 11.4. The molecule has 0 aliphatic heterocycles. The number of phenolic OH excluding ortho intramolecular Hbond substituents is 1. The number of phenols is 1. The van der Waals surface area contributed by atoms with E-state index in [0.717, 1.165) is 32.1 Å². The van der Waals surface area contributed by atoms with E-state index in [1.54, 1.807) is 0 Å². The third-order valence-electron chi connectivity index (χ3n) is 9.51. The molecule has 1 aromatic carbocycles. The maximum absolute atomic E-state index is 11.8.